The molecule has 0 fully saturated rings. The van der Waals surface area contributed by atoms with Gasteiger partial charge in [-0.3, -0.25) is 0 Å². The van der Waals surface area contributed by atoms with E-state index in [1.807, 2.05) is 0 Å². The Morgan fingerprint density at radius 2 is 2.14 bits per heavy atom. The molecular formula is C8H10F3N3. The van der Waals surface area contributed by atoms with Crippen molar-refractivity contribution in [3.63, 3.8) is 0 Å². The van der Waals surface area contributed by atoms with E-state index in [2.05, 4.69) is 10.3 Å². The van der Waals surface area contributed by atoms with Gasteiger partial charge in [0.05, 0.1) is 12.1 Å². The second-order valence-electron chi connectivity index (χ2n) is 2.73. The minimum absolute atomic E-state index is 0.195. The number of hydrogen-bond donors (Lipinski definition) is 2. The van der Waals surface area contributed by atoms with Crippen molar-refractivity contribution in [3.05, 3.63) is 18.3 Å². The van der Waals surface area contributed by atoms with Crippen LogP contribution in [0.25, 0.3) is 0 Å². The number of nitrogen functional groups attached to an aromatic ring is 1. The Balaban J connectivity index is 2.43. The molecule has 0 saturated carbocycles. The highest BCUT2D eigenvalue weighted by molar-refractivity contribution is 5.60. The van der Waals surface area contributed by atoms with Crippen molar-refractivity contribution >= 4 is 11.5 Å². The number of alkyl halides is 3. The van der Waals surface area contributed by atoms with E-state index < -0.39 is 12.6 Å². The molecule has 1 rings (SSSR count). The highest BCUT2D eigenvalue weighted by atomic mass is 19.4. The number of hydrogen-bond acceptors (Lipinski definition) is 3. The zero-order valence-corrected chi connectivity index (χ0v) is 7.30. The Morgan fingerprint density at radius 3 is 2.71 bits per heavy atom. The molecule has 0 spiro atoms. The van der Waals surface area contributed by atoms with Crippen molar-refractivity contribution < 1.29 is 13.2 Å². The Bertz CT molecular complexity index is 298. The van der Waals surface area contributed by atoms with E-state index in [1.54, 1.807) is 12.1 Å². The van der Waals surface area contributed by atoms with Crippen LogP contribution in [0.5, 0.6) is 0 Å². The predicted octanol–water partition coefficient (Wildman–Crippen LogP) is 2.03. The molecule has 0 aliphatic carbocycles. The molecule has 1 aromatic rings. The third-order valence-electron chi connectivity index (χ3n) is 1.56. The SMILES string of the molecule is Nc1ncccc1NCCC(F)(F)F. The fourth-order valence-corrected chi connectivity index (χ4v) is 0.906. The summed E-state index contributed by atoms with van der Waals surface area (Å²) >= 11 is 0. The van der Waals surface area contributed by atoms with Gasteiger partial charge in [-0.05, 0) is 12.1 Å². The maximum Gasteiger partial charge on any atom is 0.390 e. The van der Waals surface area contributed by atoms with Gasteiger partial charge in [0.15, 0.2) is 0 Å². The lowest BCUT2D eigenvalue weighted by atomic mass is 10.3. The predicted molar refractivity (Wildman–Crippen MR) is 47.8 cm³/mol. The van der Waals surface area contributed by atoms with E-state index in [0.717, 1.165) is 0 Å². The summed E-state index contributed by atoms with van der Waals surface area (Å²) in [6.45, 7) is -0.195. The number of rotatable bonds is 3. The molecular weight excluding hydrogens is 195 g/mol. The lowest BCUT2D eigenvalue weighted by Crippen LogP contribution is -2.15. The molecule has 0 bridgehead atoms. The first kappa shape index (κ1) is 10.6. The van der Waals surface area contributed by atoms with Crippen molar-refractivity contribution in [3.8, 4) is 0 Å². The minimum Gasteiger partial charge on any atom is -0.382 e. The summed E-state index contributed by atoms with van der Waals surface area (Å²) in [7, 11) is 0. The zero-order chi connectivity index (χ0) is 10.6. The van der Waals surface area contributed by atoms with Crippen molar-refractivity contribution in [1.82, 2.24) is 4.98 Å². The van der Waals surface area contributed by atoms with E-state index in [9.17, 15) is 13.2 Å². The molecule has 78 valence electrons. The van der Waals surface area contributed by atoms with E-state index in [-0.39, 0.29) is 12.4 Å². The average Bonchev–Trinajstić information content (AvgIpc) is 2.06. The summed E-state index contributed by atoms with van der Waals surface area (Å²) in [5, 5.41) is 2.56. The molecule has 0 saturated heterocycles. The smallest absolute Gasteiger partial charge is 0.382 e. The molecule has 14 heavy (non-hydrogen) atoms. The van der Waals surface area contributed by atoms with Crippen LogP contribution in [0.15, 0.2) is 18.3 Å². The van der Waals surface area contributed by atoms with Crippen LogP contribution in [0.1, 0.15) is 6.42 Å². The molecule has 0 unspecified atom stereocenters. The third kappa shape index (κ3) is 3.51. The first-order valence-corrected chi connectivity index (χ1v) is 4.00. The Hall–Kier alpha value is -1.46. The van der Waals surface area contributed by atoms with Crippen LogP contribution >= 0.6 is 0 Å². The van der Waals surface area contributed by atoms with Crippen LogP contribution in [-0.4, -0.2) is 17.7 Å². The second-order valence-corrected chi connectivity index (χ2v) is 2.73. The number of pyridine rings is 1. The Morgan fingerprint density at radius 1 is 1.43 bits per heavy atom. The lowest BCUT2D eigenvalue weighted by Gasteiger charge is -2.09. The van der Waals surface area contributed by atoms with Gasteiger partial charge in [-0.15, -0.1) is 0 Å². The summed E-state index contributed by atoms with van der Waals surface area (Å²) in [4.78, 5) is 3.73. The normalized spacial score (nSPS) is 11.4. The number of aromatic nitrogens is 1. The van der Waals surface area contributed by atoms with Crippen LogP contribution < -0.4 is 11.1 Å². The Kier molecular flexibility index (Phi) is 3.16. The number of anilines is 2. The van der Waals surface area contributed by atoms with E-state index in [0.29, 0.717) is 5.69 Å². The maximum absolute atomic E-state index is 11.8. The summed E-state index contributed by atoms with van der Waals surface area (Å²) in [5.41, 5.74) is 5.84. The van der Waals surface area contributed by atoms with E-state index in [1.165, 1.54) is 6.20 Å². The number of nitrogens with zero attached hydrogens (tertiary/aromatic N) is 1. The molecule has 0 aliphatic heterocycles. The molecule has 0 aromatic carbocycles. The highest BCUT2D eigenvalue weighted by Crippen LogP contribution is 2.20. The van der Waals surface area contributed by atoms with Gasteiger partial charge in [0, 0.05) is 12.7 Å². The van der Waals surface area contributed by atoms with Crippen LogP contribution in [0, 0.1) is 0 Å². The first-order valence-electron chi connectivity index (χ1n) is 4.00. The number of nitrogens with two attached hydrogens (primary N) is 1. The van der Waals surface area contributed by atoms with Crippen LogP contribution in [0.2, 0.25) is 0 Å². The Labute approximate surface area is 79.1 Å². The molecule has 0 aliphatic rings. The van der Waals surface area contributed by atoms with Crippen molar-refractivity contribution in [2.24, 2.45) is 0 Å². The van der Waals surface area contributed by atoms with Gasteiger partial charge in [0.25, 0.3) is 0 Å². The summed E-state index contributed by atoms with van der Waals surface area (Å²) in [5.74, 6) is 0.203. The van der Waals surface area contributed by atoms with Crippen LogP contribution in [-0.2, 0) is 0 Å². The topological polar surface area (TPSA) is 50.9 Å². The molecule has 3 nitrogen and oxygen atoms in total. The summed E-state index contributed by atoms with van der Waals surface area (Å²) in [6.07, 6.45) is -3.56. The lowest BCUT2D eigenvalue weighted by molar-refractivity contribution is -0.131. The van der Waals surface area contributed by atoms with Gasteiger partial charge in [0.1, 0.15) is 5.82 Å². The number of halogens is 3. The van der Waals surface area contributed by atoms with Gasteiger partial charge in [-0.2, -0.15) is 13.2 Å². The summed E-state index contributed by atoms with van der Waals surface area (Å²) < 4.78 is 35.3. The standard InChI is InChI=1S/C8H10F3N3/c9-8(10,11)3-5-13-6-2-1-4-14-7(6)12/h1-2,4,13H,3,5H2,(H2,12,14). The van der Waals surface area contributed by atoms with Crippen molar-refractivity contribution in [1.29, 1.82) is 0 Å². The molecule has 6 heteroatoms. The molecule has 3 N–H and O–H groups in total. The third-order valence-corrected chi connectivity index (χ3v) is 1.56. The fraction of sp³-hybridized carbons (Fsp3) is 0.375. The van der Waals surface area contributed by atoms with Crippen molar-refractivity contribution in [2.75, 3.05) is 17.6 Å². The van der Waals surface area contributed by atoms with Gasteiger partial charge in [-0.1, -0.05) is 0 Å². The second kappa shape index (κ2) is 4.17. The minimum atomic E-state index is -4.15. The average molecular weight is 205 g/mol. The fourth-order valence-electron chi connectivity index (χ4n) is 0.906. The van der Waals surface area contributed by atoms with E-state index >= 15 is 0 Å². The molecule has 1 aromatic heterocycles. The van der Waals surface area contributed by atoms with Gasteiger partial charge < -0.3 is 11.1 Å². The monoisotopic (exact) mass is 205 g/mol. The first-order chi connectivity index (χ1) is 6.49. The largest absolute Gasteiger partial charge is 0.390 e. The van der Waals surface area contributed by atoms with Gasteiger partial charge in [0.2, 0.25) is 0 Å². The zero-order valence-electron chi connectivity index (χ0n) is 7.30. The highest BCUT2D eigenvalue weighted by Gasteiger charge is 2.26. The van der Waals surface area contributed by atoms with Crippen LogP contribution in [0.4, 0.5) is 24.7 Å². The molecule has 1 heterocycles. The van der Waals surface area contributed by atoms with Crippen molar-refractivity contribution in [2.45, 2.75) is 12.6 Å². The molecule has 0 amide bonds. The van der Waals surface area contributed by atoms with Crippen LogP contribution in [0.3, 0.4) is 0 Å². The van der Waals surface area contributed by atoms with Gasteiger partial charge >= 0.3 is 6.18 Å². The number of nitrogens with one attached hydrogen (secondary N) is 1. The maximum atomic E-state index is 11.8. The van der Waals surface area contributed by atoms with E-state index in [4.69, 9.17) is 5.73 Å². The summed E-state index contributed by atoms with van der Waals surface area (Å²) in [6, 6.07) is 3.19. The van der Waals surface area contributed by atoms with Gasteiger partial charge in [-0.25, -0.2) is 4.98 Å². The molecule has 0 atom stereocenters. The molecule has 0 radical (unpaired) electrons. The quantitative estimate of drug-likeness (QED) is 0.793.